The summed E-state index contributed by atoms with van der Waals surface area (Å²) in [7, 11) is 3.94. The first-order chi connectivity index (χ1) is 16.3. The summed E-state index contributed by atoms with van der Waals surface area (Å²) in [5, 5.41) is -0.502. The number of nitrogens with zero attached hydrogens (tertiary/aromatic N) is 2. The number of rotatable bonds is 7. The summed E-state index contributed by atoms with van der Waals surface area (Å²) in [6, 6.07) is 21.7. The number of hydrogen-bond acceptors (Lipinski definition) is 6. The van der Waals surface area contributed by atoms with Gasteiger partial charge < -0.3 is 10.6 Å². The molecule has 0 spiro atoms. The van der Waals surface area contributed by atoms with E-state index in [0.717, 1.165) is 16.1 Å². The highest BCUT2D eigenvalue weighted by atomic mass is 32.2. The lowest BCUT2D eigenvalue weighted by atomic mass is 10.1. The molecule has 1 saturated heterocycles. The predicted molar refractivity (Wildman–Crippen MR) is 138 cm³/mol. The van der Waals surface area contributed by atoms with Gasteiger partial charge in [0.25, 0.3) is 0 Å². The fourth-order valence-electron chi connectivity index (χ4n) is 3.65. The quantitative estimate of drug-likeness (QED) is 0.234. The highest BCUT2D eigenvalue weighted by molar-refractivity contribution is 8.00. The summed E-state index contributed by atoms with van der Waals surface area (Å²) in [6.07, 6.45) is 3.40. The zero-order valence-electron chi connectivity index (χ0n) is 19.0. The lowest BCUT2D eigenvalue weighted by molar-refractivity contribution is -0.121. The number of carbonyl (C=O) groups is 3. The molecule has 0 saturated carbocycles. The second-order valence-electron chi connectivity index (χ2n) is 8.18. The molecule has 0 radical (unpaired) electrons. The standard InChI is InChI=1S/C27H25N3O3S/c1-29(2)21-11-6-18(7-12-21)8-15-24(31)19-9-13-22(14-10-19)30-26(32)17-25(27(30)33)34-23-5-3-4-20(28)16-23/h3-16,25H,17,28H2,1-2H3/b15-8+. The summed E-state index contributed by atoms with van der Waals surface area (Å²) in [5.41, 5.74) is 9.37. The molecule has 0 bridgehead atoms. The number of hydrogen-bond donors (Lipinski definition) is 1. The van der Waals surface area contributed by atoms with E-state index in [-0.39, 0.29) is 24.0 Å². The molecule has 6 nitrogen and oxygen atoms in total. The number of imide groups is 1. The molecule has 3 aromatic rings. The van der Waals surface area contributed by atoms with E-state index < -0.39 is 5.25 Å². The van der Waals surface area contributed by atoms with E-state index in [4.69, 9.17) is 5.73 Å². The van der Waals surface area contributed by atoms with Crippen LogP contribution < -0.4 is 15.5 Å². The number of carbonyl (C=O) groups excluding carboxylic acids is 3. The number of anilines is 3. The molecule has 1 aliphatic rings. The maximum absolute atomic E-state index is 12.9. The normalized spacial score (nSPS) is 15.8. The molecule has 0 aliphatic carbocycles. The van der Waals surface area contributed by atoms with Crippen molar-refractivity contribution >= 4 is 52.5 Å². The van der Waals surface area contributed by atoms with Gasteiger partial charge in [0.15, 0.2) is 5.78 Å². The van der Waals surface area contributed by atoms with Gasteiger partial charge in [0.1, 0.15) is 0 Å². The van der Waals surface area contributed by atoms with Crippen molar-refractivity contribution in [2.24, 2.45) is 0 Å². The molecule has 1 heterocycles. The van der Waals surface area contributed by atoms with Crippen molar-refractivity contribution < 1.29 is 14.4 Å². The third-order valence-electron chi connectivity index (χ3n) is 5.49. The Labute approximate surface area is 203 Å². The van der Waals surface area contributed by atoms with Crippen molar-refractivity contribution in [3.05, 3.63) is 90.0 Å². The summed E-state index contributed by atoms with van der Waals surface area (Å²) < 4.78 is 0. The summed E-state index contributed by atoms with van der Waals surface area (Å²) in [4.78, 5) is 42.1. The molecule has 1 fully saturated rings. The largest absolute Gasteiger partial charge is 0.399 e. The van der Waals surface area contributed by atoms with Crippen LogP contribution in [-0.2, 0) is 9.59 Å². The maximum Gasteiger partial charge on any atom is 0.247 e. The van der Waals surface area contributed by atoms with E-state index in [2.05, 4.69) is 0 Å². The fourth-order valence-corrected chi connectivity index (χ4v) is 4.77. The zero-order chi connectivity index (χ0) is 24.2. The van der Waals surface area contributed by atoms with Crippen LogP contribution in [0.2, 0.25) is 0 Å². The number of nitrogens with two attached hydrogens (primary N) is 1. The van der Waals surface area contributed by atoms with Gasteiger partial charge in [-0.05, 0) is 66.2 Å². The first-order valence-electron chi connectivity index (χ1n) is 10.8. The Balaban J connectivity index is 1.42. The number of allylic oxidation sites excluding steroid dienone is 1. The number of benzene rings is 3. The van der Waals surface area contributed by atoms with Crippen LogP contribution >= 0.6 is 11.8 Å². The molecule has 4 rings (SSSR count). The van der Waals surface area contributed by atoms with Crippen LogP contribution in [0.5, 0.6) is 0 Å². The van der Waals surface area contributed by atoms with Gasteiger partial charge in [-0.3, -0.25) is 14.4 Å². The third kappa shape index (κ3) is 5.21. The molecule has 2 N–H and O–H groups in total. The van der Waals surface area contributed by atoms with Crippen molar-refractivity contribution in [2.75, 3.05) is 29.6 Å². The average molecular weight is 472 g/mol. The van der Waals surface area contributed by atoms with Gasteiger partial charge in [0.2, 0.25) is 11.8 Å². The van der Waals surface area contributed by atoms with E-state index in [1.54, 1.807) is 42.5 Å². The Hall–Kier alpha value is -3.84. The molecule has 1 atom stereocenters. The maximum atomic E-state index is 12.9. The van der Waals surface area contributed by atoms with Gasteiger partial charge in [-0.2, -0.15) is 0 Å². The number of amides is 2. The lowest BCUT2D eigenvalue weighted by Gasteiger charge is -2.15. The second-order valence-corrected chi connectivity index (χ2v) is 9.46. The van der Waals surface area contributed by atoms with E-state index in [0.29, 0.717) is 16.9 Å². The van der Waals surface area contributed by atoms with Crippen LogP contribution in [0.3, 0.4) is 0 Å². The number of nitrogen functional groups attached to an aromatic ring is 1. The van der Waals surface area contributed by atoms with E-state index >= 15 is 0 Å². The topological polar surface area (TPSA) is 83.7 Å². The number of thioether (sulfide) groups is 1. The average Bonchev–Trinajstić information content (AvgIpc) is 3.10. The molecule has 172 valence electrons. The van der Waals surface area contributed by atoms with Crippen molar-refractivity contribution in [2.45, 2.75) is 16.6 Å². The van der Waals surface area contributed by atoms with Gasteiger partial charge in [-0.1, -0.05) is 24.3 Å². The van der Waals surface area contributed by atoms with E-state index in [1.807, 2.05) is 55.4 Å². The zero-order valence-corrected chi connectivity index (χ0v) is 19.8. The van der Waals surface area contributed by atoms with E-state index in [1.165, 1.54) is 22.7 Å². The van der Waals surface area contributed by atoms with Gasteiger partial charge in [-0.15, -0.1) is 11.8 Å². The molecule has 0 aromatic heterocycles. The van der Waals surface area contributed by atoms with Crippen molar-refractivity contribution in [1.82, 2.24) is 0 Å². The van der Waals surface area contributed by atoms with Crippen LogP contribution in [0.4, 0.5) is 17.1 Å². The monoisotopic (exact) mass is 471 g/mol. The van der Waals surface area contributed by atoms with Gasteiger partial charge in [0, 0.05) is 42.3 Å². The molecule has 3 aromatic carbocycles. The minimum atomic E-state index is -0.502. The SMILES string of the molecule is CN(C)c1ccc(/C=C/C(=O)c2ccc(N3C(=O)CC(Sc4cccc(N)c4)C3=O)cc2)cc1. The Morgan fingerprint density at radius 3 is 2.38 bits per heavy atom. The van der Waals surface area contributed by atoms with Crippen molar-refractivity contribution in [1.29, 1.82) is 0 Å². The van der Waals surface area contributed by atoms with Crippen LogP contribution in [0, 0.1) is 0 Å². The summed E-state index contributed by atoms with van der Waals surface area (Å²) in [6.45, 7) is 0. The highest BCUT2D eigenvalue weighted by Gasteiger charge is 2.40. The molecule has 7 heteroatoms. The Morgan fingerprint density at radius 1 is 1.03 bits per heavy atom. The molecular formula is C27H25N3O3S. The number of ketones is 1. The third-order valence-corrected chi connectivity index (χ3v) is 6.67. The fraction of sp³-hybridized carbons (Fsp3) is 0.148. The van der Waals surface area contributed by atoms with E-state index in [9.17, 15) is 14.4 Å². The minimum absolute atomic E-state index is 0.119. The predicted octanol–water partition coefficient (Wildman–Crippen LogP) is 4.66. The van der Waals surface area contributed by atoms with Crippen molar-refractivity contribution in [3.8, 4) is 0 Å². The minimum Gasteiger partial charge on any atom is -0.399 e. The Bertz CT molecular complexity index is 1250. The van der Waals surface area contributed by atoms with Gasteiger partial charge in [-0.25, -0.2) is 4.90 Å². The molecule has 1 aliphatic heterocycles. The van der Waals surface area contributed by atoms with Crippen LogP contribution in [0.15, 0.2) is 83.8 Å². The highest BCUT2D eigenvalue weighted by Crippen LogP contribution is 2.34. The molecule has 34 heavy (non-hydrogen) atoms. The lowest BCUT2D eigenvalue weighted by Crippen LogP contribution is -2.31. The molecule has 2 amide bonds. The second kappa shape index (κ2) is 9.97. The molecule has 1 unspecified atom stereocenters. The Kier molecular flexibility index (Phi) is 6.84. The molecular weight excluding hydrogens is 446 g/mol. The first-order valence-corrected chi connectivity index (χ1v) is 11.7. The van der Waals surface area contributed by atoms with Crippen LogP contribution in [-0.4, -0.2) is 36.9 Å². The summed E-state index contributed by atoms with van der Waals surface area (Å²) >= 11 is 1.33. The van der Waals surface area contributed by atoms with Crippen LogP contribution in [0.1, 0.15) is 22.3 Å². The van der Waals surface area contributed by atoms with Crippen LogP contribution in [0.25, 0.3) is 6.08 Å². The van der Waals surface area contributed by atoms with Gasteiger partial charge >= 0.3 is 0 Å². The first kappa shape index (κ1) is 23.3. The smallest absolute Gasteiger partial charge is 0.247 e. The summed E-state index contributed by atoms with van der Waals surface area (Å²) in [5.74, 6) is -0.679. The van der Waals surface area contributed by atoms with Gasteiger partial charge in [0.05, 0.1) is 10.9 Å². The van der Waals surface area contributed by atoms with Crippen molar-refractivity contribution in [3.63, 3.8) is 0 Å². The Morgan fingerprint density at radius 2 is 1.74 bits per heavy atom.